The van der Waals surface area contributed by atoms with E-state index in [2.05, 4.69) is 25.1 Å². The highest BCUT2D eigenvalue weighted by molar-refractivity contribution is 14.0. The lowest BCUT2D eigenvalue weighted by Crippen LogP contribution is -2.41. The summed E-state index contributed by atoms with van der Waals surface area (Å²) in [6.45, 7) is 4.29. The summed E-state index contributed by atoms with van der Waals surface area (Å²) in [7, 11) is -3.28. The van der Waals surface area contributed by atoms with E-state index in [0.29, 0.717) is 12.5 Å². The van der Waals surface area contributed by atoms with Crippen molar-refractivity contribution >= 4 is 40.0 Å². The fraction of sp³-hybridized carbons (Fsp3) is 0.533. The average Bonchev–Trinajstić information content (AvgIpc) is 2.56. The Labute approximate surface area is 174 Å². The van der Waals surface area contributed by atoms with Crippen LogP contribution in [0.15, 0.2) is 29.3 Å². The molecule has 0 aliphatic rings. The van der Waals surface area contributed by atoms with Crippen molar-refractivity contribution in [1.29, 1.82) is 0 Å². The molecule has 27 heavy (non-hydrogen) atoms. The van der Waals surface area contributed by atoms with Gasteiger partial charge in [0.15, 0.2) is 5.96 Å². The highest BCUT2D eigenvalue weighted by Crippen LogP contribution is 2.26. The summed E-state index contributed by atoms with van der Waals surface area (Å²) in [6.07, 6.45) is -4.78. The molecule has 1 aromatic carbocycles. The first-order valence-electron chi connectivity index (χ1n) is 8.00. The van der Waals surface area contributed by atoms with Crippen molar-refractivity contribution in [3.8, 4) is 5.75 Å². The number of aliphatic imine (C=N–C) groups is 1. The van der Waals surface area contributed by atoms with Crippen LogP contribution in [0.4, 0.5) is 13.2 Å². The molecule has 0 saturated carbocycles. The number of sulfonamides is 1. The predicted molar refractivity (Wildman–Crippen MR) is 109 cm³/mol. The summed E-state index contributed by atoms with van der Waals surface area (Å²) in [6, 6.07) is 5.74. The quantitative estimate of drug-likeness (QED) is 0.200. The summed E-state index contributed by atoms with van der Waals surface area (Å²) in [5, 5.41) is 5.84. The summed E-state index contributed by atoms with van der Waals surface area (Å²) in [5.74, 6) is 0.0252. The third-order valence-electron chi connectivity index (χ3n) is 3.07. The van der Waals surface area contributed by atoms with Crippen LogP contribution in [-0.4, -0.2) is 46.1 Å². The summed E-state index contributed by atoms with van der Waals surface area (Å²) < 4.78 is 66.4. The van der Waals surface area contributed by atoms with Crippen molar-refractivity contribution in [2.75, 3.05) is 25.4 Å². The number of halogens is 4. The molecule has 0 aliphatic heterocycles. The maximum absolute atomic E-state index is 12.4. The fourth-order valence-electron chi connectivity index (χ4n) is 1.85. The first-order chi connectivity index (χ1) is 12.2. The van der Waals surface area contributed by atoms with Crippen molar-refractivity contribution in [2.45, 2.75) is 26.8 Å². The fourth-order valence-corrected chi connectivity index (χ4v) is 2.47. The highest BCUT2D eigenvalue weighted by Gasteiger charge is 2.31. The molecule has 0 atom stereocenters. The number of nitrogens with zero attached hydrogens (tertiary/aromatic N) is 1. The molecule has 0 unspecified atom stereocenters. The van der Waals surface area contributed by atoms with E-state index in [-0.39, 0.29) is 60.7 Å². The third-order valence-corrected chi connectivity index (χ3v) is 4.47. The minimum Gasteiger partial charge on any atom is -0.405 e. The monoisotopic (exact) mass is 524 g/mol. The van der Waals surface area contributed by atoms with Gasteiger partial charge in [-0.05, 0) is 19.9 Å². The number of alkyl halides is 3. The number of hydrogen-bond donors (Lipinski definition) is 3. The first kappa shape index (κ1) is 25.7. The number of nitrogens with one attached hydrogen (secondary N) is 3. The molecule has 0 aliphatic carbocycles. The Morgan fingerprint density at radius 1 is 1.15 bits per heavy atom. The van der Waals surface area contributed by atoms with Gasteiger partial charge in [-0.2, -0.15) is 0 Å². The lowest BCUT2D eigenvalue weighted by Gasteiger charge is -2.14. The molecule has 0 fully saturated rings. The molecule has 7 nitrogen and oxygen atoms in total. The van der Waals surface area contributed by atoms with Gasteiger partial charge in [-0.15, -0.1) is 37.1 Å². The molecule has 1 aromatic rings. The lowest BCUT2D eigenvalue weighted by atomic mass is 10.2. The normalized spacial score (nSPS) is 12.3. The number of ether oxygens (including phenoxy) is 1. The van der Waals surface area contributed by atoms with Gasteiger partial charge in [-0.3, -0.25) is 0 Å². The minimum atomic E-state index is -4.78. The molecule has 156 valence electrons. The zero-order valence-corrected chi connectivity index (χ0v) is 18.1. The Hall–Kier alpha value is -1.28. The second kappa shape index (κ2) is 12.2. The van der Waals surface area contributed by atoms with Crippen molar-refractivity contribution in [1.82, 2.24) is 15.4 Å². The van der Waals surface area contributed by atoms with Crippen LogP contribution < -0.4 is 20.1 Å². The molecule has 0 aromatic heterocycles. The van der Waals surface area contributed by atoms with Crippen LogP contribution in [-0.2, 0) is 16.6 Å². The van der Waals surface area contributed by atoms with Crippen LogP contribution in [0.1, 0.15) is 19.4 Å². The molecule has 1 rings (SSSR count). The maximum Gasteiger partial charge on any atom is 0.573 e. The highest BCUT2D eigenvalue weighted by atomic mass is 127. The van der Waals surface area contributed by atoms with Crippen LogP contribution in [0.25, 0.3) is 0 Å². The molecule has 0 heterocycles. The smallest absolute Gasteiger partial charge is 0.405 e. The van der Waals surface area contributed by atoms with Gasteiger partial charge in [0.25, 0.3) is 0 Å². The number of benzene rings is 1. The summed E-state index contributed by atoms with van der Waals surface area (Å²) >= 11 is 0. The zero-order chi connectivity index (χ0) is 19.6. The Morgan fingerprint density at radius 3 is 2.41 bits per heavy atom. The van der Waals surface area contributed by atoms with Crippen LogP contribution in [0, 0.1) is 0 Å². The summed E-state index contributed by atoms with van der Waals surface area (Å²) in [5.41, 5.74) is 0.272. The van der Waals surface area contributed by atoms with Crippen LogP contribution in [0.3, 0.4) is 0 Å². The lowest BCUT2D eigenvalue weighted by molar-refractivity contribution is -0.274. The molecule has 0 bridgehead atoms. The van der Waals surface area contributed by atoms with Gasteiger partial charge >= 0.3 is 6.36 Å². The topological polar surface area (TPSA) is 91.8 Å². The van der Waals surface area contributed by atoms with E-state index < -0.39 is 16.4 Å². The number of rotatable bonds is 9. The van der Waals surface area contributed by atoms with Crippen molar-refractivity contribution in [3.63, 3.8) is 0 Å². The maximum atomic E-state index is 12.4. The van der Waals surface area contributed by atoms with E-state index in [9.17, 15) is 21.6 Å². The molecule has 12 heteroatoms. The Balaban J connectivity index is 0.00000676. The third kappa shape index (κ3) is 11.2. The van der Waals surface area contributed by atoms with Gasteiger partial charge in [-0.25, -0.2) is 18.1 Å². The van der Waals surface area contributed by atoms with E-state index in [1.54, 1.807) is 6.07 Å². The molecule has 0 radical (unpaired) electrons. The van der Waals surface area contributed by atoms with E-state index >= 15 is 0 Å². The molecular formula is C15H24F3IN4O3S. The second-order valence-corrected chi connectivity index (χ2v) is 7.17. The van der Waals surface area contributed by atoms with Crippen LogP contribution >= 0.6 is 24.0 Å². The van der Waals surface area contributed by atoms with Gasteiger partial charge in [0.2, 0.25) is 10.0 Å². The minimum absolute atomic E-state index is 0. The Kier molecular flexibility index (Phi) is 11.7. The largest absolute Gasteiger partial charge is 0.573 e. The van der Waals surface area contributed by atoms with Crippen molar-refractivity contribution < 1.29 is 26.3 Å². The average molecular weight is 524 g/mol. The van der Waals surface area contributed by atoms with Gasteiger partial charge < -0.3 is 15.4 Å². The van der Waals surface area contributed by atoms with Gasteiger partial charge in [0.05, 0.1) is 12.3 Å². The predicted octanol–water partition coefficient (Wildman–Crippen LogP) is 2.20. The SMILES string of the molecule is CCNC(=NCc1ccccc1OC(F)(F)F)NCCNS(=O)(=O)CC.I. The van der Waals surface area contributed by atoms with Gasteiger partial charge in [0, 0.05) is 25.2 Å². The standard InChI is InChI=1S/C15H23F3N4O3S.HI/c1-3-19-14(20-9-10-22-26(23,24)4-2)21-11-12-7-5-6-8-13(12)25-15(16,17)18;/h5-8,22H,3-4,9-11H2,1-2H3,(H2,19,20,21);1H. The van der Waals surface area contributed by atoms with Crippen molar-refractivity contribution in [2.24, 2.45) is 4.99 Å². The van der Waals surface area contributed by atoms with E-state index in [1.165, 1.54) is 25.1 Å². The first-order valence-corrected chi connectivity index (χ1v) is 9.65. The van der Waals surface area contributed by atoms with Crippen LogP contribution in [0.2, 0.25) is 0 Å². The Bertz CT molecular complexity index is 700. The molecule has 3 N–H and O–H groups in total. The molecular weight excluding hydrogens is 500 g/mol. The molecule has 0 spiro atoms. The van der Waals surface area contributed by atoms with Gasteiger partial charge in [-0.1, -0.05) is 18.2 Å². The van der Waals surface area contributed by atoms with E-state index in [0.717, 1.165) is 0 Å². The second-order valence-electron chi connectivity index (χ2n) is 5.08. The van der Waals surface area contributed by atoms with Crippen molar-refractivity contribution in [3.05, 3.63) is 29.8 Å². The Morgan fingerprint density at radius 2 is 1.81 bits per heavy atom. The molecule has 0 amide bonds. The van der Waals surface area contributed by atoms with Crippen LogP contribution in [0.5, 0.6) is 5.75 Å². The molecule has 0 saturated heterocycles. The van der Waals surface area contributed by atoms with Gasteiger partial charge in [0.1, 0.15) is 5.75 Å². The summed E-state index contributed by atoms with van der Waals surface area (Å²) in [4.78, 5) is 4.20. The zero-order valence-electron chi connectivity index (χ0n) is 15.0. The van der Waals surface area contributed by atoms with E-state index in [4.69, 9.17) is 0 Å². The number of guanidine groups is 1. The van der Waals surface area contributed by atoms with E-state index in [1.807, 2.05) is 6.92 Å². The number of para-hydroxylation sites is 1. The number of hydrogen-bond acceptors (Lipinski definition) is 4.